The highest BCUT2D eigenvalue weighted by molar-refractivity contribution is 5.37. The summed E-state index contributed by atoms with van der Waals surface area (Å²) in [7, 11) is 1.68. The summed E-state index contributed by atoms with van der Waals surface area (Å²) >= 11 is 0. The molecule has 0 fully saturated rings. The van der Waals surface area contributed by atoms with Gasteiger partial charge in [-0.3, -0.25) is 0 Å². The third kappa shape index (κ3) is 4.81. The van der Waals surface area contributed by atoms with Crippen molar-refractivity contribution in [1.82, 2.24) is 15.3 Å². The van der Waals surface area contributed by atoms with Gasteiger partial charge >= 0.3 is 6.01 Å². The lowest BCUT2D eigenvalue weighted by molar-refractivity contribution is 0.199. The van der Waals surface area contributed by atoms with Gasteiger partial charge in [0.05, 0.1) is 6.61 Å². The number of aromatic nitrogens is 2. The molecule has 1 aromatic carbocycles. The quantitative estimate of drug-likeness (QED) is 0.793. The van der Waals surface area contributed by atoms with Crippen molar-refractivity contribution in [1.29, 1.82) is 0 Å². The molecule has 0 radical (unpaired) electrons. The van der Waals surface area contributed by atoms with Gasteiger partial charge in [-0.2, -0.15) is 0 Å². The number of benzene rings is 1. The number of methoxy groups -OCH3 is 1. The van der Waals surface area contributed by atoms with E-state index in [1.54, 1.807) is 19.5 Å². The van der Waals surface area contributed by atoms with E-state index < -0.39 is 0 Å². The van der Waals surface area contributed by atoms with E-state index in [2.05, 4.69) is 21.4 Å². The lowest BCUT2D eigenvalue weighted by Crippen LogP contribution is -2.18. The van der Waals surface area contributed by atoms with Crippen LogP contribution in [-0.2, 0) is 11.3 Å². The molecule has 2 aromatic rings. The molecule has 0 bridgehead atoms. The van der Waals surface area contributed by atoms with Crippen LogP contribution in [0.4, 0.5) is 0 Å². The highest BCUT2D eigenvalue weighted by Crippen LogP contribution is 2.23. The normalized spacial score (nSPS) is 10.6. The van der Waals surface area contributed by atoms with Gasteiger partial charge in [-0.05, 0) is 31.0 Å². The van der Waals surface area contributed by atoms with E-state index in [4.69, 9.17) is 9.47 Å². The number of nitrogens with zero attached hydrogens (tertiary/aromatic N) is 2. The van der Waals surface area contributed by atoms with Crippen molar-refractivity contribution < 1.29 is 9.47 Å². The largest absolute Gasteiger partial charge is 0.424 e. The standard InChI is InChI=1S/C16H21N3O2/c1-12-4-5-13(2)15(8-12)21-16-18-10-14(11-19-16)9-17-6-7-20-3/h4-5,8,10-11,17H,6-7,9H2,1-3H3. The summed E-state index contributed by atoms with van der Waals surface area (Å²) in [6.07, 6.45) is 3.54. The van der Waals surface area contributed by atoms with E-state index >= 15 is 0 Å². The third-order valence-corrected chi connectivity index (χ3v) is 3.04. The molecule has 0 aliphatic heterocycles. The topological polar surface area (TPSA) is 56.3 Å². The highest BCUT2D eigenvalue weighted by Gasteiger charge is 2.04. The molecular weight excluding hydrogens is 266 g/mol. The fourth-order valence-corrected chi connectivity index (χ4v) is 1.81. The summed E-state index contributed by atoms with van der Waals surface area (Å²) in [5.74, 6) is 0.793. The zero-order chi connectivity index (χ0) is 15.1. The van der Waals surface area contributed by atoms with Crippen LogP contribution < -0.4 is 10.1 Å². The molecule has 2 rings (SSSR count). The van der Waals surface area contributed by atoms with Crippen LogP contribution in [0.1, 0.15) is 16.7 Å². The predicted molar refractivity (Wildman–Crippen MR) is 81.6 cm³/mol. The summed E-state index contributed by atoms with van der Waals surface area (Å²) in [6.45, 7) is 6.24. The van der Waals surface area contributed by atoms with E-state index in [0.29, 0.717) is 19.2 Å². The van der Waals surface area contributed by atoms with Crippen LogP contribution in [0.3, 0.4) is 0 Å². The Kier molecular flexibility index (Phi) is 5.66. The van der Waals surface area contributed by atoms with E-state index in [9.17, 15) is 0 Å². The van der Waals surface area contributed by atoms with Crippen molar-refractivity contribution in [3.8, 4) is 11.8 Å². The first-order chi connectivity index (χ1) is 10.2. The molecule has 0 atom stereocenters. The molecule has 0 unspecified atom stereocenters. The molecule has 0 amide bonds. The fraction of sp³-hybridized carbons (Fsp3) is 0.375. The van der Waals surface area contributed by atoms with Crippen molar-refractivity contribution >= 4 is 0 Å². The summed E-state index contributed by atoms with van der Waals surface area (Å²) in [4.78, 5) is 8.48. The monoisotopic (exact) mass is 287 g/mol. The Bertz CT molecular complexity index is 570. The van der Waals surface area contributed by atoms with Gasteiger partial charge in [0.15, 0.2) is 0 Å². The molecule has 0 saturated carbocycles. The van der Waals surface area contributed by atoms with Crippen molar-refractivity contribution in [2.24, 2.45) is 0 Å². The van der Waals surface area contributed by atoms with Gasteiger partial charge in [0, 0.05) is 38.2 Å². The van der Waals surface area contributed by atoms with Crippen LogP contribution in [0.15, 0.2) is 30.6 Å². The number of rotatable bonds is 7. The maximum Gasteiger partial charge on any atom is 0.321 e. The van der Waals surface area contributed by atoms with Crippen LogP contribution in [0.25, 0.3) is 0 Å². The minimum absolute atomic E-state index is 0.365. The number of hydrogen-bond acceptors (Lipinski definition) is 5. The van der Waals surface area contributed by atoms with Gasteiger partial charge in [0.25, 0.3) is 0 Å². The van der Waals surface area contributed by atoms with Crippen LogP contribution >= 0.6 is 0 Å². The Morgan fingerprint density at radius 2 is 1.90 bits per heavy atom. The van der Waals surface area contributed by atoms with Crippen molar-refractivity contribution in [3.63, 3.8) is 0 Å². The Morgan fingerprint density at radius 1 is 1.14 bits per heavy atom. The number of ether oxygens (including phenoxy) is 2. The van der Waals surface area contributed by atoms with Crippen molar-refractivity contribution in [2.45, 2.75) is 20.4 Å². The van der Waals surface area contributed by atoms with Crippen LogP contribution in [0.5, 0.6) is 11.8 Å². The van der Waals surface area contributed by atoms with Crippen LogP contribution in [0.2, 0.25) is 0 Å². The molecule has 0 saturated heterocycles. The second kappa shape index (κ2) is 7.71. The maximum atomic E-state index is 5.73. The molecule has 1 aromatic heterocycles. The number of aryl methyl sites for hydroxylation is 2. The van der Waals surface area contributed by atoms with E-state index in [0.717, 1.165) is 29.0 Å². The molecule has 21 heavy (non-hydrogen) atoms. The Hall–Kier alpha value is -1.98. The molecule has 1 heterocycles. The summed E-state index contributed by atoms with van der Waals surface area (Å²) in [5.41, 5.74) is 3.23. The highest BCUT2D eigenvalue weighted by atomic mass is 16.5. The number of hydrogen-bond donors (Lipinski definition) is 1. The zero-order valence-electron chi connectivity index (χ0n) is 12.7. The molecule has 0 aliphatic carbocycles. The van der Waals surface area contributed by atoms with Gasteiger partial charge in [0.2, 0.25) is 0 Å². The van der Waals surface area contributed by atoms with Crippen molar-refractivity contribution in [2.75, 3.05) is 20.3 Å². The van der Waals surface area contributed by atoms with E-state index in [-0.39, 0.29) is 0 Å². The van der Waals surface area contributed by atoms with E-state index in [1.165, 1.54) is 0 Å². The first kappa shape index (κ1) is 15.4. The van der Waals surface area contributed by atoms with Gasteiger partial charge in [-0.15, -0.1) is 0 Å². The molecular formula is C16H21N3O2. The lowest BCUT2D eigenvalue weighted by atomic mass is 10.1. The fourth-order valence-electron chi connectivity index (χ4n) is 1.81. The summed E-state index contributed by atoms with van der Waals surface area (Å²) < 4.78 is 10.7. The van der Waals surface area contributed by atoms with Gasteiger partial charge in [-0.25, -0.2) is 9.97 Å². The smallest absolute Gasteiger partial charge is 0.321 e. The second-order valence-electron chi connectivity index (χ2n) is 4.91. The predicted octanol–water partition coefficient (Wildman–Crippen LogP) is 2.62. The summed E-state index contributed by atoms with van der Waals surface area (Å²) in [5, 5.41) is 3.24. The maximum absolute atomic E-state index is 5.73. The van der Waals surface area contributed by atoms with E-state index in [1.807, 2.05) is 26.0 Å². The minimum atomic E-state index is 0.365. The number of nitrogens with one attached hydrogen (secondary N) is 1. The SMILES string of the molecule is COCCNCc1cnc(Oc2cc(C)ccc2C)nc1. The summed E-state index contributed by atoms with van der Waals surface area (Å²) in [6, 6.07) is 6.43. The molecule has 1 N–H and O–H groups in total. The second-order valence-corrected chi connectivity index (χ2v) is 4.91. The molecule has 112 valence electrons. The van der Waals surface area contributed by atoms with Gasteiger partial charge < -0.3 is 14.8 Å². The minimum Gasteiger partial charge on any atom is -0.424 e. The Morgan fingerprint density at radius 3 is 2.62 bits per heavy atom. The molecule has 5 nitrogen and oxygen atoms in total. The molecule has 0 spiro atoms. The first-order valence-electron chi connectivity index (χ1n) is 6.94. The Balaban J connectivity index is 1.94. The first-order valence-corrected chi connectivity index (χ1v) is 6.94. The Labute approximate surface area is 125 Å². The zero-order valence-corrected chi connectivity index (χ0v) is 12.7. The van der Waals surface area contributed by atoms with Crippen LogP contribution in [-0.4, -0.2) is 30.2 Å². The molecule has 5 heteroatoms. The third-order valence-electron chi connectivity index (χ3n) is 3.04. The average molecular weight is 287 g/mol. The van der Waals surface area contributed by atoms with Crippen LogP contribution in [0, 0.1) is 13.8 Å². The van der Waals surface area contributed by atoms with Gasteiger partial charge in [-0.1, -0.05) is 12.1 Å². The van der Waals surface area contributed by atoms with Gasteiger partial charge in [0.1, 0.15) is 5.75 Å². The molecule has 0 aliphatic rings. The lowest BCUT2D eigenvalue weighted by Gasteiger charge is -2.08. The average Bonchev–Trinajstić information content (AvgIpc) is 2.49. The van der Waals surface area contributed by atoms with Crippen molar-refractivity contribution in [3.05, 3.63) is 47.3 Å².